The third-order valence-corrected chi connectivity index (χ3v) is 5.42. The van der Waals surface area contributed by atoms with E-state index in [1.54, 1.807) is 0 Å². The van der Waals surface area contributed by atoms with E-state index in [0.29, 0.717) is 0 Å². The zero-order chi connectivity index (χ0) is 19.6. The number of anilines is 1. The van der Waals surface area contributed by atoms with Crippen LogP contribution in [-0.2, 0) is 14.8 Å². The molecule has 2 aromatic rings. The summed E-state index contributed by atoms with van der Waals surface area (Å²) < 4.78 is 40.3. The standard InChI is InChI=1S/C18H17FN2O5S/c19-13-4-6-14(7-5-13)20-27(25,26)16-3-1-2-12(10-16)18(24)21(11-17(22)23)15-8-9-15/h1-7,10,15,20H,8-9,11H2,(H,22,23). The predicted octanol–water partition coefficient (Wildman–Crippen LogP) is 2.32. The van der Waals surface area contributed by atoms with Crippen LogP contribution in [-0.4, -0.2) is 42.9 Å². The van der Waals surface area contributed by atoms with Crippen LogP contribution in [0.1, 0.15) is 23.2 Å². The van der Waals surface area contributed by atoms with Crippen LogP contribution in [0.3, 0.4) is 0 Å². The van der Waals surface area contributed by atoms with Crippen LogP contribution in [0.25, 0.3) is 0 Å². The molecule has 0 spiro atoms. The van der Waals surface area contributed by atoms with E-state index in [2.05, 4.69) is 4.72 Å². The Kier molecular flexibility index (Phi) is 5.13. The largest absolute Gasteiger partial charge is 0.480 e. The molecule has 142 valence electrons. The quantitative estimate of drug-likeness (QED) is 0.753. The molecule has 1 aliphatic rings. The Morgan fingerprint density at radius 1 is 1.15 bits per heavy atom. The maximum atomic E-state index is 13.0. The van der Waals surface area contributed by atoms with E-state index in [1.807, 2.05) is 0 Å². The van der Waals surface area contributed by atoms with Gasteiger partial charge in [0.25, 0.3) is 15.9 Å². The molecule has 1 amide bonds. The molecule has 3 rings (SSSR count). The van der Waals surface area contributed by atoms with E-state index in [-0.39, 0.29) is 22.2 Å². The van der Waals surface area contributed by atoms with Crippen LogP contribution < -0.4 is 4.72 Å². The molecule has 0 atom stereocenters. The topological polar surface area (TPSA) is 104 Å². The van der Waals surface area contributed by atoms with E-state index in [4.69, 9.17) is 5.11 Å². The van der Waals surface area contributed by atoms with Gasteiger partial charge in [0.2, 0.25) is 0 Å². The maximum absolute atomic E-state index is 13.0. The van der Waals surface area contributed by atoms with Crippen LogP contribution in [0, 0.1) is 5.82 Å². The first-order chi connectivity index (χ1) is 12.8. The fraction of sp³-hybridized carbons (Fsp3) is 0.222. The van der Waals surface area contributed by atoms with Crippen LogP contribution >= 0.6 is 0 Å². The summed E-state index contributed by atoms with van der Waals surface area (Å²) in [6, 6.07) is 10.1. The molecule has 7 nitrogen and oxygen atoms in total. The van der Waals surface area contributed by atoms with Crippen molar-refractivity contribution in [2.75, 3.05) is 11.3 Å². The lowest BCUT2D eigenvalue weighted by atomic mass is 10.2. The summed E-state index contributed by atoms with van der Waals surface area (Å²) in [5.74, 6) is -2.15. The number of nitrogens with one attached hydrogen (secondary N) is 1. The lowest BCUT2D eigenvalue weighted by Crippen LogP contribution is -2.37. The summed E-state index contributed by atoms with van der Waals surface area (Å²) in [5, 5.41) is 9.00. The number of nitrogens with zero attached hydrogens (tertiary/aromatic N) is 1. The number of carboxylic acids is 1. The lowest BCUT2D eigenvalue weighted by Gasteiger charge is -2.20. The number of rotatable bonds is 7. The number of hydrogen-bond acceptors (Lipinski definition) is 4. The molecule has 1 fully saturated rings. The highest BCUT2D eigenvalue weighted by Crippen LogP contribution is 2.28. The van der Waals surface area contributed by atoms with E-state index in [0.717, 1.165) is 25.0 Å². The number of carbonyl (C=O) groups excluding carboxylic acids is 1. The monoisotopic (exact) mass is 392 g/mol. The highest BCUT2D eigenvalue weighted by molar-refractivity contribution is 7.92. The van der Waals surface area contributed by atoms with Crippen LogP contribution in [0.15, 0.2) is 53.4 Å². The van der Waals surface area contributed by atoms with E-state index in [9.17, 15) is 22.4 Å². The normalized spacial score (nSPS) is 13.8. The van der Waals surface area contributed by atoms with E-state index < -0.39 is 34.3 Å². The van der Waals surface area contributed by atoms with Gasteiger partial charge < -0.3 is 10.0 Å². The predicted molar refractivity (Wildman–Crippen MR) is 95.3 cm³/mol. The molecule has 1 aliphatic carbocycles. The average Bonchev–Trinajstić information content (AvgIpc) is 3.46. The van der Waals surface area contributed by atoms with Crippen molar-refractivity contribution >= 4 is 27.6 Å². The van der Waals surface area contributed by atoms with Gasteiger partial charge in [0, 0.05) is 17.3 Å². The summed E-state index contributed by atoms with van der Waals surface area (Å²) in [7, 11) is -4.00. The lowest BCUT2D eigenvalue weighted by molar-refractivity contribution is -0.137. The van der Waals surface area contributed by atoms with Crippen molar-refractivity contribution in [1.82, 2.24) is 4.90 Å². The number of carbonyl (C=O) groups is 2. The van der Waals surface area contributed by atoms with Crippen molar-refractivity contribution in [2.24, 2.45) is 0 Å². The van der Waals surface area contributed by atoms with E-state index >= 15 is 0 Å². The Labute approximate surface area is 155 Å². The number of benzene rings is 2. The number of aliphatic carboxylic acids is 1. The van der Waals surface area contributed by atoms with Gasteiger partial charge in [-0.1, -0.05) is 6.07 Å². The van der Waals surface area contributed by atoms with Crippen molar-refractivity contribution in [3.05, 3.63) is 59.9 Å². The first kappa shape index (κ1) is 18.8. The zero-order valence-corrected chi connectivity index (χ0v) is 14.9. The molecular weight excluding hydrogens is 375 g/mol. The SMILES string of the molecule is O=C(O)CN(C(=O)c1cccc(S(=O)(=O)Nc2ccc(F)cc2)c1)C1CC1. The summed E-state index contributed by atoms with van der Waals surface area (Å²) in [6.45, 7) is -0.436. The molecule has 1 saturated carbocycles. The minimum absolute atomic E-state index is 0.0881. The van der Waals surface area contributed by atoms with Crippen LogP contribution in [0.4, 0.5) is 10.1 Å². The molecule has 27 heavy (non-hydrogen) atoms. The molecule has 0 radical (unpaired) electrons. The average molecular weight is 392 g/mol. The van der Waals surface area contributed by atoms with Crippen LogP contribution in [0.5, 0.6) is 0 Å². The number of halogens is 1. The Balaban J connectivity index is 1.84. The molecule has 0 aliphatic heterocycles. The van der Waals surface area contributed by atoms with Crippen molar-refractivity contribution in [3.63, 3.8) is 0 Å². The summed E-state index contributed by atoms with van der Waals surface area (Å²) >= 11 is 0. The van der Waals surface area contributed by atoms with Gasteiger partial charge in [0.15, 0.2) is 0 Å². The van der Waals surface area contributed by atoms with Gasteiger partial charge in [-0.3, -0.25) is 14.3 Å². The van der Waals surface area contributed by atoms with Crippen molar-refractivity contribution < 1.29 is 27.5 Å². The number of amides is 1. The molecule has 0 saturated heterocycles. The second-order valence-corrected chi connectivity index (χ2v) is 7.88. The van der Waals surface area contributed by atoms with Gasteiger partial charge in [-0.05, 0) is 55.3 Å². The smallest absolute Gasteiger partial charge is 0.323 e. The number of carboxylic acid groups (broad SMARTS) is 1. The van der Waals surface area contributed by atoms with Gasteiger partial charge in [-0.2, -0.15) is 0 Å². The molecule has 0 aromatic heterocycles. The summed E-state index contributed by atoms with van der Waals surface area (Å²) in [5.41, 5.74) is 0.267. The van der Waals surface area contributed by atoms with Crippen molar-refractivity contribution in [2.45, 2.75) is 23.8 Å². The number of sulfonamides is 1. The fourth-order valence-electron chi connectivity index (χ4n) is 2.59. The Hall–Kier alpha value is -2.94. The van der Waals surface area contributed by atoms with Gasteiger partial charge >= 0.3 is 5.97 Å². The Morgan fingerprint density at radius 2 is 1.81 bits per heavy atom. The Morgan fingerprint density at radius 3 is 2.41 bits per heavy atom. The molecule has 0 heterocycles. The zero-order valence-electron chi connectivity index (χ0n) is 14.1. The third kappa shape index (κ3) is 4.62. The van der Waals surface area contributed by atoms with E-state index in [1.165, 1.54) is 41.3 Å². The first-order valence-electron chi connectivity index (χ1n) is 8.17. The fourth-order valence-corrected chi connectivity index (χ4v) is 3.70. The second-order valence-electron chi connectivity index (χ2n) is 6.20. The molecular formula is C18H17FN2O5S. The molecule has 2 N–H and O–H groups in total. The molecule has 0 bridgehead atoms. The minimum atomic E-state index is -4.00. The van der Waals surface area contributed by atoms with Gasteiger partial charge in [-0.15, -0.1) is 0 Å². The van der Waals surface area contributed by atoms with Crippen LogP contribution in [0.2, 0.25) is 0 Å². The minimum Gasteiger partial charge on any atom is -0.480 e. The Bertz CT molecular complexity index is 972. The highest BCUT2D eigenvalue weighted by atomic mass is 32.2. The first-order valence-corrected chi connectivity index (χ1v) is 9.66. The highest BCUT2D eigenvalue weighted by Gasteiger charge is 2.34. The van der Waals surface area contributed by atoms with Crippen molar-refractivity contribution in [1.29, 1.82) is 0 Å². The van der Waals surface area contributed by atoms with Crippen molar-refractivity contribution in [3.8, 4) is 0 Å². The maximum Gasteiger partial charge on any atom is 0.323 e. The van der Waals surface area contributed by atoms with Gasteiger partial charge in [-0.25, -0.2) is 12.8 Å². The molecule has 9 heteroatoms. The number of hydrogen-bond donors (Lipinski definition) is 2. The molecule has 2 aromatic carbocycles. The third-order valence-electron chi connectivity index (χ3n) is 4.04. The second kappa shape index (κ2) is 7.36. The molecule has 0 unspecified atom stereocenters. The van der Waals surface area contributed by atoms with Gasteiger partial charge in [0.05, 0.1) is 4.90 Å². The summed E-state index contributed by atoms with van der Waals surface area (Å²) in [4.78, 5) is 24.7. The summed E-state index contributed by atoms with van der Waals surface area (Å²) in [6.07, 6.45) is 1.45. The van der Waals surface area contributed by atoms with Gasteiger partial charge in [0.1, 0.15) is 12.4 Å².